The van der Waals surface area contributed by atoms with E-state index in [2.05, 4.69) is 126 Å². The molecule has 1 heterocycles. The first kappa shape index (κ1) is 26.7. The van der Waals surface area contributed by atoms with Crippen LogP contribution in [0.5, 0.6) is 0 Å². The van der Waals surface area contributed by atoms with Gasteiger partial charge in [0, 0.05) is 27.8 Å². The SMILES string of the molecule is Fc1ccccc1N(c1ccccc1)c1ccc(-c2cc3c4ccccc4n(-c4ccccc4)c3cc2-c2ccccc2)cc1. The van der Waals surface area contributed by atoms with Crippen LogP contribution in [0.4, 0.5) is 21.5 Å². The first-order valence-corrected chi connectivity index (χ1v) is 15.1. The first-order valence-electron chi connectivity index (χ1n) is 15.1. The van der Waals surface area contributed by atoms with E-state index in [1.807, 2.05) is 47.4 Å². The number of fused-ring (bicyclic) bond motifs is 3. The fourth-order valence-electron chi connectivity index (χ4n) is 6.39. The molecule has 3 heteroatoms. The smallest absolute Gasteiger partial charge is 0.147 e. The van der Waals surface area contributed by atoms with E-state index in [0.717, 1.165) is 44.8 Å². The molecular weight excluding hydrogens is 551 g/mol. The summed E-state index contributed by atoms with van der Waals surface area (Å²) < 4.78 is 17.5. The van der Waals surface area contributed by atoms with Crippen LogP contribution in [-0.4, -0.2) is 4.57 Å². The zero-order chi connectivity index (χ0) is 30.2. The molecule has 0 aliphatic rings. The molecule has 0 saturated heterocycles. The molecule has 0 unspecified atom stereocenters. The first-order chi connectivity index (χ1) is 22.3. The van der Waals surface area contributed by atoms with Crippen LogP contribution >= 0.6 is 0 Å². The highest BCUT2D eigenvalue weighted by Gasteiger charge is 2.19. The van der Waals surface area contributed by atoms with Crippen molar-refractivity contribution < 1.29 is 4.39 Å². The summed E-state index contributed by atoms with van der Waals surface area (Å²) in [5.74, 6) is -0.267. The van der Waals surface area contributed by atoms with Crippen LogP contribution in [-0.2, 0) is 0 Å². The van der Waals surface area contributed by atoms with Gasteiger partial charge in [0.05, 0.1) is 16.7 Å². The largest absolute Gasteiger partial charge is 0.309 e. The van der Waals surface area contributed by atoms with Gasteiger partial charge in [-0.25, -0.2) is 4.39 Å². The molecule has 0 spiro atoms. The highest BCUT2D eigenvalue weighted by atomic mass is 19.1. The summed E-state index contributed by atoms with van der Waals surface area (Å²) in [7, 11) is 0. The molecule has 0 fully saturated rings. The van der Waals surface area contributed by atoms with Gasteiger partial charge < -0.3 is 9.47 Å². The normalized spacial score (nSPS) is 11.2. The molecule has 2 nitrogen and oxygen atoms in total. The average molecular weight is 581 g/mol. The van der Waals surface area contributed by atoms with Crippen molar-refractivity contribution in [3.63, 3.8) is 0 Å². The lowest BCUT2D eigenvalue weighted by Crippen LogP contribution is -2.11. The molecule has 0 aliphatic heterocycles. The minimum absolute atomic E-state index is 0.267. The second-order valence-corrected chi connectivity index (χ2v) is 11.1. The van der Waals surface area contributed by atoms with Gasteiger partial charge in [0.25, 0.3) is 0 Å². The summed E-state index contributed by atoms with van der Waals surface area (Å²) in [6.45, 7) is 0. The summed E-state index contributed by atoms with van der Waals surface area (Å²) in [5, 5.41) is 2.41. The predicted octanol–water partition coefficient (Wildman–Crippen LogP) is 11.7. The number of halogens is 1. The minimum Gasteiger partial charge on any atom is -0.309 e. The van der Waals surface area contributed by atoms with Crippen molar-refractivity contribution >= 4 is 38.9 Å². The van der Waals surface area contributed by atoms with Crippen LogP contribution in [0, 0.1) is 5.82 Å². The Morgan fingerprint density at radius 3 is 1.71 bits per heavy atom. The summed E-state index contributed by atoms with van der Waals surface area (Å²) in [6, 6.07) is 59.7. The third kappa shape index (κ3) is 4.75. The van der Waals surface area contributed by atoms with E-state index in [9.17, 15) is 0 Å². The van der Waals surface area contributed by atoms with E-state index < -0.39 is 0 Å². The molecule has 0 N–H and O–H groups in total. The van der Waals surface area contributed by atoms with Crippen molar-refractivity contribution in [2.24, 2.45) is 0 Å². The Balaban J connectivity index is 1.34. The van der Waals surface area contributed by atoms with Crippen LogP contribution < -0.4 is 4.90 Å². The minimum atomic E-state index is -0.267. The molecule has 0 radical (unpaired) electrons. The monoisotopic (exact) mass is 580 g/mol. The topological polar surface area (TPSA) is 8.17 Å². The van der Waals surface area contributed by atoms with E-state index in [-0.39, 0.29) is 5.82 Å². The van der Waals surface area contributed by atoms with Crippen molar-refractivity contribution in [1.82, 2.24) is 4.57 Å². The molecule has 0 aliphatic carbocycles. The second kappa shape index (κ2) is 11.3. The third-order valence-corrected chi connectivity index (χ3v) is 8.46. The number of hydrogen-bond acceptors (Lipinski definition) is 1. The number of rotatable bonds is 6. The zero-order valence-electron chi connectivity index (χ0n) is 24.5. The molecule has 0 amide bonds. The van der Waals surface area contributed by atoms with E-state index in [1.165, 1.54) is 22.4 Å². The Bertz CT molecular complexity index is 2260. The molecule has 8 rings (SSSR count). The lowest BCUT2D eigenvalue weighted by Gasteiger charge is -2.26. The number of nitrogens with zero attached hydrogens (tertiary/aromatic N) is 2. The number of benzene rings is 7. The predicted molar refractivity (Wildman–Crippen MR) is 186 cm³/mol. The van der Waals surface area contributed by atoms with Crippen LogP contribution in [0.25, 0.3) is 49.7 Å². The zero-order valence-corrected chi connectivity index (χ0v) is 24.5. The summed E-state index contributed by atoms with van der Waals surface area (Å²) in [6.07, 6.45) is 0. The van der Waals surface area contributed by atoms with Crippen molar-refractivity contribution in [2.45, 2.75) is 0 Å². The van der Waals surface area contributed by atoms with Gasteiger partial charge in [0.15, 0.2) is 0 Å². The Kier molecular flexibility index (Phi) is 6.69. The van der Waals surface area contributed by atoms with Crippen molar-refractivity contribution in [3.8, 4) is 27.9 Å². The fraction of sp³-hybridized carbons (Fsp3) is 0. The molecule has 0 atom stereocenters. The standard InChI is InChI=1S/C42H29FN2/c43-39-21-11-13-23-41(39)44(32-16-6-2-7-17-32)34-26-24-31(25-27-34)36-28-38-35-20-10-12-22-40(35)45(33-18-8-3-9-19-33)42(38)29-37(36)30-14-4-1-5-15-30/h1-29H. The quantitative estimate of drug-likeness (QED) is 0.190. The molecule has 45 heavy (non-hydrogen) atoms. The van der Waals surface area contributed by atoms with Gasteiger partial charge in [0.1, 0.15) is 5.82 Å². The summed E-state index contributed by atoms with van der Waals surface area (Å²) >= 11 is 0. The maximum Gasteiger partial charge on any atom is 0.147 e. The van der Waals surface area contributed by atoms with Gasteiger partial charge in [-0.2, -0.15) is 0 Å². The highest BCUT2D eigenvalue weighted by molar-refractivity contribution is 6.12. The Labute approximate surface area is 261 Å². The van der Waals surface area contributed by atoms with Gasteiger partial charge in [-0.1, -0.05) is 109 Å². The van der Waals surface area contributed by atoms with E-state index in [0.29, 0.717) is 5.69 Å². The van der Waals surface area contributed by atoms with Crippen LogP contribution in [0.2, 0.25) is 0 Å². The second-order valence-electron chi connectivity index (χ2n) is 11.1. The molecule has 8 aromatic rings. The lowest BCUT2D eigenvalue weighted by molar-refractivity contribution is 0.629. The Morgan fingerprint density at radius 1 is 0.422 bits per heavy atom. The van der Waals surface area contributed by atoms with E-state index >= 15 is 4.39 Å². The van der Waals surface area contributed by atoms with Gasteiger partial charge in [0.2, 0.25) is 0 Å². The Morgan fingerprint density at radius 2 is 0.978 bits per heavy atom. The molecule has 0 bridgehead atoms. The van der Waals surface area contributed by atoms with Gasteiger partial charge in [-0.05, 0) is 89.0 Å². The van der Waals surface area contributed by atoms with Crippen LogP contribution in [0.15, 0.2) is 176 Å². The maximum absolute atomic E-state index is 15.2. The van der Waals surface area contributed by atoms with Crippen LogP contribution in [0.1, 0.15) is 0 Å². The number of hydrogen-bond donors (Lipinski definition) is 0. The number of anilines is 3. The molecular formula is C42H29FN2. The number of aromatic nitrogens is 1. The average Bonchev–Trinajstić information content (AvgIpc) is 3.43. The molecule has 7 aromatic carbocycles. The molecule has 1 aromatic heterocycles. The third-order valence-electron chi connectivity index (χ3n) is 8.46. The number of para-hydroxylation sites is 4. The van der Waals surface area contributed by atoms with E-state index in [4.69, 9.17) is 0 Å². The van der Waals surface area contributed by atoms with Crippen LogP contribution in [0.3, 0.4) is 0 Å². The maximum atomic E-state index is 15.2. The van der Waals surface area contributed by atoms with Gasteiger partial charge in [-0.3, -0.25) is 0 Å². The lowest BCUT2D eigenvalue weighted by atomic mass is 9.92. The fourth-order valence-corrected chi connectivity index (χ4v) is 6.39. The molecule has 214 valence electrons. The highest BCUT2D eigenvalue weighted by Crippen LogP contribution is 2.42. The van der Waals surface area contributed by atoms with Gasteiger partial charge >= 0.3 is 0 Å². The summed E-state index contributed by atoms with van der Waals surface area (Å²) in [4.78, 5) is 1.97. The Hall–Kier alpha value is -5.93. The van der Waals surface area contributed by atoms with E-state index in [1.54, 1.807) is 6.07 Å². The van der Waals surface area contributed by atoms with Gasteiger partial charge in [-0.15, -0.1) is 0 Å². The van der Waals surface area contributed by atoms with Crippen molar-refractivity contribution in [2.75, 3.05) is 4.90 Å². The van der Waals surface area contributed by atoms with Crippen molar-refractivity contribution in [3.05, 3.63) is 182 Å². The summed E-state index contributed by atoms with van der Waals surface area (Å²) in [5.41, 5.74) is 10.3. The van der Waals surface area contributed by atoms with Crippen molar-refractivity contribution in [1.29, 1.82) is 0 Å². The molecule has 0 saturated carbocycles.